The third-order valence-electron chi connectivity index (χ3n) is 5.37. The molecule has 2 aromatic rings. The molecular weight excluding hydrogens is 318 g/mol. The number of thiazole rings is 1. The van der Waals surface area contributed by atoms with Crippen LogP contribution in [0, 0.1) is 0 Å². The Morgan fingerprint density at radius 1 is 1.08 bits per heavy atom. The molecule has 0 atom stereocenters. The largest absolute Gasteiger partial charge is 0.335 e. The summed E-state index contributed by atoms with van der Waals surface area (Å²) in [4.78, 5) is 19.2. The molecule has 0 spiro atoms. The average Bonchev–Trinajstić information content (AvgIpc) is 3.07. The van der Waals surface area contributed by atoms with Gasteiger partial charge in [0.2, 0.25) is 0 Å². The molecule has 2 aliphatic rings. The van der Waals surface area contributed by atoms with Gasteiger partial charge >= 0.3 is 6.03 Å². The van der Waals surface area contributed by atoms with Crippen LogP contribution in [-0.4, -0.2) is 35.0 Å². The normalized spacial score (nSPS) is 20.4. The summed E-state index contributed by atoms with van der Waals surface area (Å²) >= 11 is 1.81. The fourth-order valence-corrected chi connectivity index (χ4v) is 5.04. The maximum Gasteiger partial charge on any atom is 0.317 e. The Labute approximate surface area is 147 Å². The number of benzene rings is 1. The van der Waals surface area contributed by atoms with E-state index in [1.54, 1.807) is 0 Å². The zero-order valence-electron chi connectivity index (χ0n) is 14.0. The van der Waals surface area contributed by atoms with Gasteiger partial charge < -0.3 is 10.2 Å². The quantitative estimate of drug-likeness (QED) is 0.871. The molecule has 4 nitrogen and oxygen atoms in total. The summed E-state index contributed by atoms with van der Waals surface area (Å²) in [6.45, 7) is 1.69. The predicted molar refractivity (Wildman–Crippen MR) is 98.6 cm³/mol. The van der Waals surface area contributed by atoms with E-state index in [-0.39, 0.29) is 6.03 Å². The molecule has 2 heterocycles. The lowest BCUT2D eigenvalue weighted by Gasteiger charge is -2.33. The van der Waals surface area contributed by atoms with Gasteiger partial charge in [-0.3, -0.25) is 0 Å². The summed E-state index contributed by atoms with van der Waals surface area (Å²) < 4.78 is 1.27. The highest BCUT2D eigenvalue weighted by atomic mass is 32.1. The number of hydrogen-bond acceptors (Lipinski definition) is 3. The molecule has 1 aromatic heterocycles. The number of rotatable bonds is 2. The number of para-hydroxylation sites is 1. The van der Waals surface area contributed by atoms with Crippen LogP contribution >= 0.6 is 11.3 Å². The summed E-state index contributed by atoms with van der Waals surface area (Å²) in [5.74, 6) is 0.501. The van der Waals surface area contributed by atoms with Crippen LogP contribution < -0.4 is 5.32 Å². The van der Waals surface area contributed by atoms with Gasteiger partial charge in [0.15, 0.2) is 0 Å². The number of nitrogens with zero attached hydrogens (tertiary/aromatic N) is 2. The van der Waals surface area contributed by atoms with Gasteiger partial charge in [-0.25, -0.2) is 9.78 Å². The fourth-order valence-electron chi connectivity index (χ4n) is 3.91. The SMILES string of the molecule is O=C(NC1CCCCC1)N1CCC(c2nc3ccccc3s2)CC1. The first-order valence-electron chi connectivity index (χ1n) is 9.20. The van der Waals surface area contributed by atoms with Crippen molar-refractivity contribution in [2.45, 2.75) is 56.9 Å². The fraction of sp³-hybridized carbons (Fsp3) is 0.579. The number of amides is 2. The van der Waals surface area contributed by atoms with Gasteiger partial charge in [0, 0.05) is 25.0 Å². The number of nitrogens with one attached hydrogen (secondary N) is 1. The first-order valence-corrected chi connectivity index (χ1v) is 10.0. The molecule has 0 unspecified atom stereocenters. The minimum Gasteiger partial charge on any atom is -0.335 e. The molecular formula is C19H25N3OS. The Kier molecular flexibility index (Phi) is 4.69. The van der Waals surface area contributed by atoms with Crippen molar-refractivity contribution in [2.24, 2.45) is 0 Å². The molecule has 128 valence electrons. The second-order valence-electron chi connectivity index (χ2n) is 7.07. The van der Waals surface area contributed by atoms with Gasteiger partial charge in [0.1, 0.15) is 0 Å². The number of fused-ring (bicyclic) bond motifs is 1. The average molecular weight is 343 g/mol. The summed E-state index contributed by atoms with van der Waals surface area (Å²) in [5.41, 5.74) is 1.11. The molecule has 2 fully saturated rings. The van der Waals surface area contributed by atoms with Gasteiger partial charge in [-0.05, 0) is 37.8 Å². The summed E-state index contributed by atoms with van der Waals surface area (Å²) in [7, 11) is 0. The van der Waals surface area contributed by atoms with E-state index in [9.17, 15) is 4.79 Å². The molecule has 24 heavy (non-hydrogen) atoms. The van der Waals surface area contributed by atoms with E-state index in [1.807, 2.05) is 22.3 Å². The number of piperidine rings is 1. The second kappa shape index (κ2) is 7.09. The maximum atomic E-state index is 12.5. The standard InChI is InChI=1S/C19H25N3OS/c23-19(20-15-6-2-1-3-7-15)22-12-10-14(11-13-22)18-21-16-8-4-5-9-17(16)24-18/h4-5,8-9,14-15H,1-3,6-7,10-13H2,(H,20,23). The molecule has 1 aliphatic heterocycles. The van der Waals surface area contributed by atoms with E-state index in [0.29, 0.717) is 12.0 Å². The lowest BCUT2D eigenvalue weighted by molar-refractivity contribution is 0.174. The Morgan fingerprint density at radius 3 is 2.58 bits per heavy atom. The molecule has 0 radical (unpaired) electrons. The van der Waals surface area contributed by atoms with E-state index < -0.39 is 0 Å². The topological polar surface area (TPSA) is 45.2 Å². The highest BCUT2D eigenvalue weighted by molar-refractivity contribution is 7.18. The first-order chi connectivity index (χ1) is 11.8. The molecule has 5 heteroatoms. The molecule has 1 saturated carbocycles. The Bertz CT molecular complexity index is 666. The predicted octanol–water partition coefficient (Wildman–Crippen LogP) is 4.52. The highest BCUT2D eigenvalue weighted by Gasteiger charge is 2.27. The van der Waals surface area contributed by atoms with Crippen LogP contribution in [0.1, 0.15) is 55.9 Å². The number of hydrogen-bond donors (Lipinski definition) is 1. The van der Waals surface area contributed by atoms with Crippen LogP contribution in [0.3, 0.4) is 0 Å². The minimum absolute atomic E-state index is 0.143. The number of carbonyl (C=O) groups is 1. The third kappa shape index (κ3) is 3.41. The van der Waals surface area contributed by atoms with Crippen molar-refractivity contribution in [1.29, 1.82) is 0 Å². The van der Waals surface area contributed by atoms with Crippen LogP contribution in [0.15, 0.2) is 24.3 Å². The van der Waals surface area contributed by atoms with E-state index in [0.717, 1.165) is 44.3 Å². The van der Waals surface area contributed by atoms with Crippen LogP contribution in [-0.2, 0) is 0 Å². The third-order valence-corrected chi connectivity index (χ3v) is 6.57. The van der Waals surface area contributed by atoms with E-state index in [1.165, 1.54) is 29.0 Å². The zero-order chi connectivity index (χ0) is 16.4. The van der Waals surface area contributed by atoms with E-state index in [2.05, 4.69) is 23.5 Å². The maximum absolute atomic E-state index is 12.5. The van der Waals surface area contributed by atoms with Crippen LogP contribution in [0.4, 0.5) is 4.79 Å². The zero-order valence-corrected chi connectivity index (χ0v) is 14.9. The number of likely N-dealkylation sites (tertiary alicyclic amines) is 1. The second-order valence-corrected chi connectivity index (χ2v) is 8.13. The summed E-state index contributed by atoms with van der Waals surface area (Å²) in [6.07, 6.45) is 8.17. The Morgan fingerprint density at radius 2 is 1.83 bits per heavy atom. The monoisotopic (exact) mass is 343 g/mol. The smallest absolute Gasteiger partial charge is 0.317 e. The molecule has 1 N–H and O–H groups in total. The summed E-state index contributed by atoms with van der Waals surface area (Å²) in [6, 6.07) is 8.88. The van der Waals surface area contributed by atoms with Crippen molar-refractivity contribution in [1.82, 2.24) is 15.2 Å². The molecule has 0 bridgehead atoms. The van der Waals surface area contributed by atoms with Crippen molar-refractivity contribution < 1.29 is 4.79 Å². The van der Waals surface area contributed by atoms with Crippen LogP contribution in [0.5, 0.6) is 0 Å². The number of carbonyl (C=O) groups excluding carboxylic acids is 1. The number of urea groups is 1. The molecule has 4 rings (SSSR count). The van der Waals surface area contributed by atoms with Crippen molar-refractivity contribution in [3.63, 3.8) is 0 Å². The van der Waals surface area contributed by atoms with Gasteiger partial charge in [-0.15, -0.1) is 11.3 Å². The summed E-state index contributed by atoms with van der Waals surface area (Å²) in [5, 5.41) is 4.48. The molecule has 1 aromatic carbocycles. The van der Waals surface area contributed by atoms with Gasteiger partial charge in [0.25, 0.3) is 0 Å². The van der Waals surface area contributed by atoms with Crippen molar-refractivity contribution >= 4 is 27.6 Å². The van der Waals surface area contributed by atoms with Crippen molar-refractivity contribution in [3.8, 4) is 0 Å². The van der Waals surface area contributed by atoms with Gasteiger partial charge in [-0.2, -0.15) is 0 Å². The molecule has 2 amide bonds. The lowest BCUT2D eigenvalue weighted by Crippen LogP contribution is -2.48. The van der Waals surface area contributed by atoms with Crippen molar-refractivity contribution in [3.05, 3.63) is 29.3 Å². The van der Waals surface area contributed by atoms with Gasteiger partial charge in [-0.1, -0.05) is 31.4 Å². The van der Waals surface area contributed by atoms with E-state index >= 15 is 0 Å². The minimum atomic E-state index is 0.143. The van der Waals surface area contributed by atoms with Crippen LogP contribution in [0.25, 0.3) is 10.2 Å². The van der Waals surface area contributed by atoms with Gasteiger partial charge in [0.05, 0.1) is 15.2 Å². The molecule has 1 aliphatic carbocycles. The highest BCUT2D eigenvalue weighted by Crippen LogP contribution is 2.33. The number of aromatic nitrogens is 1. The van der Waals surface area contributed by atoms with Crippen LogP contribution in [0.2, 0.25) is 0 Å². The Hall–Kier alpha value is -1.62. The van der Waals surface area contributed by atoms with Crippen molar-refractivity contribution in [2.75, 3.05) is 13.1 Å². The first kappa shape index (κ1) is 15.9. The Balaban J connectivity index is 1.33. The lowest BCUT2D eigenvalue weighted by atomic mass is 9.95. The van der Waals surface area contributed by atoms with E-state index in [4.69, 9.17) is 4.98 Å². The molecule has 1 saturated heterocycles.